The van der Waals surface area contributed by atoms with Gasteiger partial charge in [-0.1, -0.05) is 31.2 Å². The minimum Gasteiger partial charge on any atom is -0.192 e. The van der Waals surface area contributed by atoms with Gasteiger partial charge in [0.2, 0.25) is 0 Å². The molecule has 0 N–H and O–H groups in total. The second kappa shape index (κ2) is 4.49. The van der Waals surface area contributed by atoms with Gasteiger partial charge < -0.3 is 0 Å². The van der Waals surface area contributed by atoms with Crippen molar-refractivity contribution < 1.29 is 13.2 Å². The Morgan fingerprint density at radius 1 is 1.18 bits per heavy atom. The van der Waals surface area contributed by atoms with E-state index in [1.807, 2.05) is 19.1 Å². The number of hydrogen-bond acceptors (Lipinski definition) is 2. The van der Waals surface area contributed by atoms with Crippen molar-refractivity contribution in [2.45, 2.75) is 19.5 Å². The van der Waals surface area contributed by atoms with Gasteiger partial charge in [0.05, 0.1) is 5.69 Å². The average molecular weight is 257 g/mol. The predicted octanol–water partition coefficient (Wildman–Crippen LogP) is 4.39. The molecule has 1 aromatic carbocycles. The molecule has 90 valence electrons. The fourth-order valence-electron chi connectivity index (χ4n) is 1.46. The van der Waals surface area contributed by atoms with Gasteiger partial charge in [-0.25, -0.2) is 0 Å². The van der Waals surface area contributed by atoms with E-state index in [-0.39, 0.29) is 0 Å². The Labute approximate surface area is 101 Å². The molecule has 17 heavy (non-hydrogen) atoms. The Balaban J connectivity index is 2.30. The van der Waals surface area contributed by atoms with Crippen molar-refractivity contribution in [3.05, 3.63) is 40.8 Å². The number of halogens is 3. The number of alkyl halides is 3. The lowest BCUT2D eigenvalue weighted by atomic mass is 10.1. The lowest BCUT2D eigenvalue weighted by molar-refractivity contribution is -0.134. The molecule has 0 fully saturated rings. The Kier molecular flexibility index (Phi) is 3.19. The second-order valence-electron chi connectivity index (χ2n) is 3.62. The molecule has 0 atom stereocenters. The molecule has 0 unspecified atom stereocenters. The first-order valence-corrected chi connectivity index (χ1v) is 5.91. The van der Waals surface area contributed by atoms with E-state index in [4.69, 9.17) is 0 Å². The molecule has 2 aromatic rings. The van der Waals surface area contributed by atoms with E-state index in [0.29, 0.717) is 22.8 Å². The summed E-state index contributed by atoms with van der Waals surface area (Å²) < 4.78 is 41.0. The zero-order chi connectivity index (χ0) is 12.5. The van der Waals surface area contributed by atoms with Crippen LogP contribution in [0.4, 0.5) is 13.2 Å². The molecule has 0 aliphatic heterocycles. The largest absolute Gasteiger partial charge is 0.427 e. The smallest absolute Gasteiger partial charge is 0.192 e. The topological polar surface area (TPSA) is 12.9 Å². The van der Waals surface area contributed by atoms with Gasteiger partial charge in [0.15, 0.2) is 0 Å². The lowest BCUT2D eigenvalue weighted by Gasteiger charge is -2.00. The molecular weight excluding hydrogens is 247 g/mol. The zero-order valence-corrected chi connectivity index (χ0v) is 9.90. The van der Waals surface area contributed by atoms with Crippen LogP contribution in [0.3, 0.4) is 0 Å². The Morgan fingerprint density at radius 2 is 1.82 bits per heavy atom. The highest BCUT2D eigenvalue weighted by Crippen LogP contribution is 2.35. The molecule has 0 saturated carbocycles. The van der Waals surface area contributed by atoms with Gasteiger partial charge in [-0.2, -0.15) is 17.5 Å². The number of nitrogens with zero attached hydrogens (tertiary/aromatic N) is 1. The SMILES string of the molecule is CCc1ccc(-c2cc(C(F)(F)F)sn2)cc1. The van der Waals surface area contributed by atoms with E-state index in [2.05, 4.69) is 4.37 Å². The molecule has 1 nitrogen and oxygen atoms in total. The lowest BCUT2D eigenvalue weighted by Crippen LogP contribution is -2.00. The van der Waals surface area contributed by atoms with Crippen molar-refractivity contribution in [3.63, 3.8) is 0 Å². The molecule has 1 heterocycles. The summed E-state index contributed by atoms with van der Waals surface area (Å²) >= 11 is 0.486. The minimum absolute atomic E-state index is 0.380. The first-order valence-electron chi connectivity index (χ1n) is 5.14. The van der Waals surface area contributed by atoms with Crippen LogP contribution in [0, 0.1) is 0 Å². The predicted molar refractivity (Wildman–Crippen MR) is 61.9 cm³/mol. The van der Waals surface area contributed by atoms with Crippen molar-refractivity contribution in [3.8, 4) is 11.3 Å². The quantitative estimate of drug-likeness (QED) is 0.777. The van der Waals surface area contributed by atoms with Crippen molar-refractivity contribution in [1.29, 1.82) is 0 Å². The normalized spacial score (nSPS) is 11.8. The molecule has 0 radical (unpaired) electrons. The van der Waals surface area contributed by atoms with Crippen LogP contribution in [-0.4, -0.2) is 4.37 Å². The molecule has 0 spiro atoms. The van der Waals surface area contributed by atoms with Gasteiger partial charge in [-0.3, -0.25) is 0 Å². The zero-order valence-electron chi connectivity index (χ0n) is 9.08. The fourth-order valence-corrected chi connectivity index (χ4v) is 2.08. The van der Waals surface area contributed by atoms with Crippen LogP contribution < -0.4 is 0 Å². The summed E-state index contributed by atoms with van der Waals surface area (Å²) in [5.41, 5.74) is 2.25. The monoisotopic (exact) mass is 257 g/mol. The number of rotatable bonds is 2. The molecule has 5 heteroatoms. The maximum absolute atomic E-state index is 12.4. The van der Waals surface area contributed by atoms with E-state index in [9.17, 15) is 13.2 Å². The van der Waals surface area contributed by atoms with Gasteiger partial charge in [0.1, 0.15) is 4.88 Å². The van der Waals surface area contributed by atoms with Gasteiger partial charge in [-0.05, 0) is 29.6 Å². The highest BCUT2D eigenvalue weighted by Gasteiger charge is 2.33. The summed E-state index contributed by atoms with van der Waals surface area (Å²) in [4.78, 5) is -0.660. The van der Waals surface area contributed by atoms with Gasteiger partial charge in [0.25, 0.3) is 0 Å². The number of benzene rings is 1. The van der Waals surface area contributed by atoms with Crippen molar-refractivity contribution in [2.24, 2.45) is 0 Å². The third-order valence-electron chi connectivity index (χ3n) is 2.45. The molecule has 0 amide bonds. The summed E-state index contributed by atoms with van der Waals surface area (Å²) in [6.45, 7) is 2.03. The number of hydrogen-bond donors (Lipinski definition) is 0. The van der Waals surface area contributed by atoms with Crippen LogP contribution in [0.2, 0.25) is 0 Å². The highest BCUT2D eigenvalue weighted by atomic mass is 32.1. The standard InChI is InChI=1S/C12H10F3NS/c1-2-8-3-5-9(6-4-8)10-7-11(17-16-10)12(13,14)15/h3-7H,2H2,1H3. The fraction of sp³-hybridized carbons (Fsp3) is 0.250. The Bertz CT molecular complexity index is 499. The maximum Gasteiger partial charge on any atom is 0.427 e. The molecule has 2 rings (SSSR count). The third-order valence-corrected chi connectivity index (χ3v) is 3.28. The molecule has 0 bridgehead atoms. The van der Waals surface area contributed by atoms with Gasteiger partial charge in [-0.15, -0.1) is 0 Å². The third kappa shape index (κ3) is 2.66. The molecule has 0 saturated heterocycles. The Morgan fingerprint density at radius 3 is 2.29 bits per heavy atom. The first kappa shape index (κ1) is 12.1. The van der Waals surface area contributed by atoms with E-state index in [1.165, 1.54) is 0 Å². The second-order valence-corrected chi connectivity index (χ2v) is 4.43. The van der Waals surface area contributed by atoms with E-state index in [1.54, 1.807) is 12.1 Å². The van der Waals surface area contributed by atoms with Gasteiger partial charge in [0, 0.05) is 5.56 Å². The minimum atomic E-state index is -4.31. The molecule has 0 aliphatic rings. The van der Waals surface area contributed by atoms with Crippen LogP contribution in [0.5, 0.6) is 0 Å². The van der Waals surface area contributed by atoms with Gasteiger partial charge >= 0.3 is 6.18 Å². The van der Waals surface area contributed by atoms with E-state index in [0.717, 1.165) is 18.1 Å². The number of aromatic nitrogens is 1. The summed E-state index contributed by atoms with van der Waals surface area (Å²) in [6, 6.07) is 8.50. The summed E-state index contributed by atoms with van der Waals surface area (Å²) in [5.74, 6) is 0. The molecular formula is C12H10F3NS. The first-order chi connectivity index (χ1) is 8.00. The Hall–Kier alpha value is -1.36. The van der Waals surface area contributed by atoms with Crippen molar-refractivity contribution >= 4 is 11.5 Å². The summed E-state index contributed by atoms with van der Waals surface area (Å²) in [6.07, 6.45) is -3.40. The number of aryl methyl sites for hydroxylation is 1. The molecule has 1 aromatic heterocycles. The van der Waals surface area contributed by atoms with Crippen LogP contribution in [-0.2, 0) is 12.6 Å². The van der Waals surface area contributed by atoms with Crippen LogP contribution in [0.1, 0.15) is 17.4 Å². The maximum atomic E-state index is 12.4. The average Bonchev–Trinajstić information content (AvgIpc) is 2.78. The molecule has 0 aliphatic carbocycles. The highest BCUT2D eigenvalue weighted by molar-refractivity contribution is 7.06. The summed E-state index contributed by atoms with van der Waals surface area (Å²) in [5, 5.41) is 0. The van der Waals surface area contributed by atoms with Crippen LogP contribution in [0.15, 0.2) is 30.3 Å². The van der Waals surface area contributed by atoms with Crippen LogP contribution >= 0.6 is 11.5 Å². The van der Waals surface area contributed by atoms with Crippen LogP contribution in [0.25, 0.3) is 11.3 Å². The summed E-state index contributed by atoms with van der Waals surface area (Å²) in [7, 11) is 0. The van der Waals surface area contributed by atoms with E-state index >= 15 is 0 Å². The van der Waals surface area contributed by atoms with Crippen molar-refractivity contribution in [1.82, 2.24) is 4.37 Å². The van der Waals surface area contributed by atoms with E-state index < -0.39 is 11.1 Å². The van der Waals surface area contributed by atoms with Crippen molar-refractivity contribution in [2.75, 3.05) is 0 Å².